The molecule has 6 heteroatoms. The Morgan fingerprint density at radius 1 is 1.42 bits per heavy atom. The maximum atomic E-state index is 12.1. The molecule has 1 aromatic heterocycles. The summed E-state index contributed by atoms with van der Waals surface area (Å²) >= 11 is 0. The van der Waals surface area contributed by atoms with Crippen LogP contribution in [-0.4, -0.2) is 36.6 Å². The first kappa shape index (κ1) is 12.1. The van der Waals surface area contributed by atoms with Crippen molar-refractivity contribution in [3.05, 3.63) is 34.3 Å². The van der Waals surface area contributed by atoms with Gasteiger partial charge in [-0.3, -0.25) is 9.78 Å². The number of benzene rings is 1. The highest BCUT2D eigenvalue weighted by molar-refractivity contribution is 5.98. The maximum absolute atomic E-state index is 12.1. The van der Waals surface area contributed by atoms with Crippen molar-refractivity contribution in [2.24, 2.45) is 0 Å². The molecule has 2 aromatic rings. The van der Waals surface area contributed by atoms with Gasteiger partial charge >= 0.3 is 5.76 Å². The van der Waals surface area contributed by atoms with Gasteiger partial charge in [0, 0.05) is 24.6 Å². The van der Waals surface area contributed by atoms with Crippen LogP contribution in [0.1, 0.15) is 16.8 Å². The third-order valence-electron chi connectivity index (χ3n) is 3.17. The van der Waals surface area contributed by atoms with E-state index in [4.69, 9.17) is 9.15 Å². The summed E-state index contributed by atoms with van der Waals surface area (Å²) in [6.07, 6.45) is 0.375. The second kappa shape index (κ2) is 4.99. The van der Waals surface area contributed by atoms with Gasteiger partial charge in [0.2, 0.25) is 0 Å². The van der Waals surface area contributed by atoms with E-state index in [0.717, 1.165) is 6.54 Å². The Labute approximate surface area is 108 Å². The summed E-state index contributed by atoms with van der Waals surface area (Å²) < 4.78 is 10.3. The number of aromatic amines is 1. The van der Waals surface area contributed by atoms with Crippen molar-refractivity contribution in [1.82, 2.24) is 10.3 Å². The van der Waals surface area contributed by atoms with E-state index < -0.39 is 5.76 Å². The molecule has 100 valence electrons. The quantitative estimate of drug-likeness (QED) is 0.795. The van der Waals surface area contributed by atoms with E-state index in [1.165, 1.54) is 0 Å². The second-order valence-corrected chi connectivity index (χ2v) is 4.58. The summed E-state index contributed by atoms with van der Waals surface area (Å²) in [4.78, 5) is 25.7. The van der Waals surface area contributed by atoms with Gasteiger partial charge in [0.15, 0.2) is 11.4 Å². The molecule has 0 spiro atoms. The lowest BCUT2D eigenvalue weighted by atomic mass is 10.0. The van der Waals surface area contributed by atoms with E-state index in [1.54, 1.807) is 18.2 Å². The number of hydrogen-bond acceptors (Lipinski definition) is 5. The summed E-state index contributed by atoms with van der Waals surface area (Å²) in [6, 6.07) is 5.02. The Balaban J connectivity index is 1.78. The van der Waals surface area contributed by atoms with E-state index in [-0.39, 0.29) is 11.8 Å². The number of carbonyl (C=O) groups is 1. The number of hydrogen-bond donors (Lipinski definition) is 2. The van der Waals surface area contributed by atoms with Gasteiger partial charge in [0.1, 0.15) is 0 Å². The topological polar surface area (TPSA) is 84.3 Å². The van der Waals surface area contributed by atoms with Crippen LogP contribution in [0.15, 0.2) is 27.4 Å². The molecule has 1 atom stereocenters. The Morgan fingerprint density at radius 2 is 2.32 bits per heavy atom. The first-order valence-electron chi connectivity index (χ1n) is 6.19. The fourth-order valence-electron chi connectivity index (χ4n) is 2.21. The van der Waals surface area contributed by atoms with Crippen LogP contribution >= 0.6 is 0 Å². The first-order valence-corrected chi connectivity index (χ1v) is 6.19. The molecule has 1 unspecified atom stereocenters. The van der Waals surface area contributed by atoms with Crippen LogP contribution in [0, 0.1) is 0 Å². The number of oxazole rings is 1. The number of morpholine rings is 1. The highest BCUT2D eigenvalue weighted by Crippen LogP contribution is 2.15. The summed E-state index contributed by atoms with van der Waals surface area (Å²) in [6.45, 7) is 2.00. The normalized spacial score (nSPS) is 19.7. The Hall–Kier alpha value is -1.92. The van der Waals surface area contributed by atoms with Crippen LogP contribution in [0.25, 0.3) is 11.1 Å². The summed E-state index contributed by atoms with van der Waals surface area (Å²) in [7, 11) is 0. The molecule has 1 saturated heterocycles. The van der Waals surface area contributed by atoms with Crippen LogP contribution in [0.3, 0.4) is 0 Å². The zero-order valence-electron chi connectivity index (χ0n) is 10.3. The number of nitrogens with one attached hydrogen (secondary N) is 2. The van der Waals surface area contributed by atoms with Crippen molar-refractivity contribution in [3.8, 4) is 0 Å². The van der Waals surface area contributed by atoms with Crippen molar-refractivity contribution < 1.29 is 13.9 Å². The first-order chi connectivity index (χ1) is 9.22. The monoisotopic (exact) mass is 262 g/mol. The second-order valence-electron chi connectivity index (χ2n) is 4.58. The molecule has 0 radical (unpaired) electrons. The lowest BCUT2D eigenvalue weighted by Gasteiger charge is -2.23. The van der Waals surface area contributed by atoms with Gasteiger partial charge in [-0.1, -0.05) is 0 Å². The molecule has 2 heterocycles. The van der Waals surface area contributed by atoms with Crippen molar-refractivity contribution in [1.29, 1.82) is 0 Å². The predicted octanol–water partition coefficient (Wildman–Crippen LogP) is 0.682. The number of rotatable bonds is 3. The molecule has 0 aliphatic carbocycles. The van der Waals surface area contributed by atoms with E-state index in [0.29, 0.717) is 36.3 Å². The minimum Gasteiger partial charge on any atom is -0.408 e. The third kappa shape index (κ3) is 2.59. The molecule has 1 fully saturated rings. The van der Waals surface area contributed by atoms with E-state index >= 15 is 0 Å². The number of aromatic nitrogens is 1. The van der Waals surface area contributed by atoms with Crippen molar-refractivity contribution >= 4 is 16.9 Å². The summed E-state index contributed by atoms with van der Waals surface area (Å²) in [5.74, 6) is -0.504. The highest BCUT2D eigenvalue weighted by atomic mass is 16.5. The molecule has 6 nitrogen and oxygen atoms in total. The van der Waals surface area contributed by atoms with Crippen LogP contribution < -0.4 is 11.1 Å². The van der Waals surface area contributed by atoms with Gasteiger partial charge < -0.3 is 14.5 Å². The lowest BCUT2D eigenvalue weighted by molar-refractivity contribution is 0.0676. The van der Waals surface area contributed by atoms with Crippen LogP contribution in [0.4, 0.5) is 0 Å². The Morgan fingerprint density at radius 3 is 3.11 bits per heavy atom. The van der Waals surface area contributed by atoms with E-state index in [9.17, 15) is 9.59 Å². The van der Waals surface area contributed by atoms with Crippen molar-refractivity contribution in [2.45, 2.75) is 12.5 Å². The molecule has 0 saturated carbocycles. The van der Waals surface area contributed by atoms with Gasteiger partial charge in [0.25, 0.3) is 0 Å². The standard InChI is InChI=1S/C13H14N2O4/c16-11(6-9-7-18-4-3-14-9)8-1-2-10-12(5-8)19-13(17)15-10/h1-2,5,9,14H,3-4,6-7H2,(H,15,17). The van der Waals surface area contributed by atoms with Gasteiger partial charge in [-0.25, -0.2) is 4.79 Å². The van der Waals surface area contributed by atoms with Crippen LogP contribution in [0.2, 0.25) is 0 Å². The van der Waals surface area contributed by atoms with E-state index in [1.807, 2.05) is 0 Å². The summed E-state index contributed by atoms with van der Waals surface area (Å²) in [5.41, 5.74) is 1.55. The highest BCUT2D eigenvalue weighted by Gasteiger charge is 2.18. The lowest BCUT2D eigenvalue weighted by Crippen LogP contribution is -2.42. The van der Waals surface area contributed by atoms with Gasteiger partial charge in [-0.05, 0) is 18.2 Å². The average molecular weight is 262 g/mol. The van der Waals surface area contributed by atoms with Crippen molar-refractivity contribution in [2.75, 3.05) is 19.8 Å². The molecule has 0 amide bonds. The van der Waals surface area contributed by atoms with Crippen molar-refractivity contribution in [3.63, 3.8) is 0 Å². The molecule has 2 N–H and O–H groups in total. The fourth-order valence-corrected chi connectivity index (χ4v) is 2.21. The van der Waals surface area contributed by atoms with Gasteiger partial charge in [0.05, 0.1) is 18.7 Å². The van der Waals surface area contributed by atoms with E-state index in [2.05, 4.69) is 10.3 Å². The molecular weight excluding hydrogens is 248 g/mol. The van der Waals surface area contributed by atoms with Gasteiger partial charge in [-0.15, -0.1) is 0 Å². The van der Waals surface area contributed by atoms with Gasteiger partial charge in [-0.2, -0.15) is 0 Å². The number of carbonyl (C=O) groups excluding carboxylic acids is 1. The largest absolute Gasteiger partial charge is 0.417 e. The minimum absolute atomic E-state index is 0.00810. The predicted molar refractivity (Wildman–Crippen MR) is 68.4 cm³/mol. The van der Waals surface area contributed by atoms with Crippen LogP contribution in [-0.2, 0) is 4.74 Å². The molecule has 1 aromatic carbocycles. The number of ether oxygens (including phenoxy) is 1. The smallest absolute Gasteiger partial charge is 0.408 e. The average Bonchev–Trinajstić information content (AvgIpc) is 2.78. The number of ketones is 1. The van der Waals surface area contributed by atoms with Crippen LogP contribution in [0.5, 0.6) is 0 Å². The molecular formula is C13H14N2O4. The molecule has 1 aliphatic rings. The Bertz CT molecular complexity index is 652. The molecule has 19 heavy (non-hydrogen) atoms. The maximum Gasteiger partial charge on any atom is 0.417 e. The number of fused-ring (bicyclic) bond motifs is 1. The number of H-pyrrole nitrogens is 1. The zero-order valence-corrected chi connectivity index (χ0v) is 10.3. The minimum atomic E-state index is -0.512. The Kier molecular flexibility index (Phi) is 3.18. The summed E-state index contributed by atoms with van der Waals surface area (Å²) in [5, 5.41) is 3.24. The zero-order chi connectivity index (χ0) is 13.2. The molecule has 0 bridgehead atoms. The fraction of sp³-hybridized carbons (Fsp3) is 0.385. The number of Topliss-reactive ketones (excluding diaryl/α,β-unsaturated/α-hetero) is 1. The molecule has 1 aliphatic heterocycles. The third-order valence-corrected chi connectivity index (χ3v) is 3.17. The SMILES string of the molecule is O=C(CC1COCCN1)c1ccc2[nH]c(=O)oc2c1. The molecule has 3 rings (SSSR count).